The zero-order chi connectivity index (χ0) is 33.3. The van der Waals surface area contributed by atoms with Gasteiger partial charge in [0.1, 0.15) is 23.6 Å². The smallest absolute Gasteiger partial charge is 0.419 e. The lowest BCUT2D eigenvalue weighted by molar-refractivity contribution is -0.123. The number of para-hydroxylation sites is 1. The highest BCUT2D eigenvalue weighted by Gasteiger charge is 2.26. The number of nitrogens with one attached hydrogen (secondary N) is 3. The molecule has 0 fully saturated rings. The van der Waals surface area contributed by atoms with E-state index in [1.165, 1.54) is 52.3 Å². The van der Waals surface area contributed by atoms with Gasteiger partial charge >= 0.3 is 12.2 Å². The largest absolute Gasteiger partial charge is 0.444 e. The third kappa shape index (κ3) is 10.5. The van der Waals surface area contributed by atoms with E-state index >= 15 is 0 Å². The standard InChI is InChI=1S/C35H50N6O5/c1-34(2,3)45-32(43)40-29(21-24-22-41(23-38-24)33(44)46-35(4,5)6)31(42)37-20-14-8-7-13-19-36-30-25-15-9-11-17-27(25)39-28-18-12-10-16-26(28)30/h9,11,15,17,22-23,29H,7-8,10,12-14,16,18-21H2,1-6H3,(H,36,39)(H,37,42)(H,40,43)/t29-/m0/s1. The predicted molar refractivity (Wildman–Crippen MR) is 179 cm³/mol. The van der Waals surface area contributed by atoms with Crippen molar-refractivity contribution in [3.05, 3.63) is 53.7 Å². The molecule has 11 nitrogen and oxygen atoms in total. The van der Waals surface area contributed by atoms with Gasteiger partial charge in [-0.2, -0.15) is 0 Å². The number of carbonyl (C=O) groups is 3. The number of rotatable bonds is 12. The lowest BCUT2D eigenvalue weighted by Gasteiger charge is -2.23. The fourth-order valence-corrected chi connectivity index (χ4v) is 5.48. The Hall–Kier alpha value is -4.15. The minimum atomic E-state index is -0.929. The number of aryl methyl sites for hydroxylation is 1. The van der Waals surface area contributed by atoms with Crippen LogP contribution in [0, 0.1) is 0 Å². The Balaban J connectivity index is 1.25. The third-order valence-electron chi connectivity index (χ3n) is 7.53. The van der Waals surface area contributed by atoms with Crippen LogP contribution in [0.4, 0.5) is 15.3 Å². The molecule has 3 N–H and O–H groups in total. The predicted octanol–water partition coefficient (Wildman–Crippen LogP) is 6.32. The fraction of sp³-hybridized carbons (Fsp3) is 0.571. The van der Waals surface area contributed by atoms with Crippen LogP contribution in [0.3, 0.4) is 0 Å². The van der Waals surface area contributed by atoms with Crippen LogP contribution in [-0.2, 0) is 33.5 Å². The molecule has 0 aliphatic heterocycles. The molecule has 0 saturated carbocycles. The quantitative estimate of drug-likeness (QED) is 0.197. The Labute approximate surface area is 272 Å². The summed E-state index contributed by atoms with van der Waals surface area (Å²) in [5, 5.41) is 10.5. The van der Waals surface area contributed by atoms with Gasteiger partial charge in [-0.1, -0.05) is 31.0 Å². The number of hydrogen-bond donors (Lipinski definition) is 3. The normalized spacial score (nSPS) is 13.9. The number of ether oxygens (including phenoxy) is 2. The zero-order valence-electron chi connectivity index (χ0n) is 28.2. The van der Waals surface area contributed by atoms with Crippen molar-refractivity contribution in [3.63, 3.8) is 0 Å². The van der Waals surface area contributed by atoms with Gasteiger partial charge in [-0.15, -0.1) is 0 Å². The van der Waals surface area contributed by atoms with Crippen molar-refractivity contribution in [2.24, 2.45) is 0 Å². The number of aromatic nitrogens is 3. The van der Waals surface area contributed by atoms with Crippen LogP contribution < -0.4 is 16.0 Å². The first-order valence-electron chi connectivity index (χ1n) is 16.5. The Kier molecular flexibility index (Phi) is 11.6. The molecule has 0 bridgehead atoms. The molecule has 0 spiro atoms. The fourth-order valence-electron chi connectivity index (χ4n) is 5.48. The molecule has 0 radical (unpaired) electrons. The Morgan fingerprint density at radius 2 is 1.61 bits per heavy atom. The van der Waals surface area contributed by atoms with E-state index in [2.05, 4.69) is 39.1 Å². The van der Waals surface area contributed by atoms with Crippen LogP contribution in [0.25, 0.3) is 10.9 Å². The maximum atomic E-state index is 13.2. The molecule has 2 aromatic heterocycles. The number of alkyl carbamates (subject to hydrolysis) is 1. The maximum Gasteiger partial charge on any atom is 0.419 e. The molecule has 11 heteroatoms. The van der Waals surface area contributed by atoms with E-state index < -0.39 is 29.4 Å². The molecule has 2 amide bonds. The van der Waals surface area contributed by atoms with Gasteiger partial charge in [0, 0.05) is 42.5 Å². The minimum absolute atomic E-state index is 0.0833. The monoisotopic (exact) mass is 634 g/mol. The van der Waals surface area contributed by atoms with Gasteiger partial charge in [-0.3, -0.25) is 9.78 Å². The molecule has 250 valence electrons. The second-order valence-electron chi connectivity index (χ2n) is 13.9. The highest BCUT2D eigenvalue weighted by atomic mass is 16.6. The Bertz CT molecular complexity index is 1500. The van der Waals surface area contributed by atoms with Crippen LogP contribution in [0.1, 0.15) is 97.0 Å². The average Bonchev–Trinajstić information content (AvgIpc) is 3.44. The second kappa shape index (κ2) is 15.4. The van der Waals surface area contributed by atoms with Crippen LogP contribution in [0.15, 0.2) is 36.8 Å². The number of imidazole rings is 1. The first-order chi connectivity index (χ1) is 21.8. The second-order valence-corrected chi connectivity index (χ2v) is 13.9. The summed E-state index contributed by atoms with van der Waals surface area (Å²) < 4.78 is 12.0. The molecule has 1 aliphatic rings. The number of nitrogens with zero attached hydrogens (tertiary/aromatic N) is 3. The topological polar surface area (TPSA) is 136 Å². The molecular formula is C35H50N6O5. The number of hydrogen-bond acceptors (Lipinski definition) is 8. The summed E-state index contributed by atoms with van der Waals surface area (Å²) in [5.41, 5.74) is 3.98. The summed E-state index contributed by atoms with van der Waals surface area (Å²) in [6.07, 6.45) is 9.99. The van der Waals surface area contributed by atoms with Crippen molar-refractivity contribution in [2.75, 3.05) is 18.4 Å². The lowest BCUT2D eigenvalue weighted by atomic mass is 9.92. The van der Waals surface area contributed by atoms with E-state index in [-0.39, 0.29) is 12.3 Å². The Morgan fingerprint density at radius 3 is 2.35 bits per heavy atom. The summed E-state index contributed by atoms with van der Waals surface area (Å²) in [6, 6.07) is 7.43. The van der Waals surface area contributed by atoms with Gasteiger partial charge < -0.3 is 25.4 Å². The van der Waals surface area contributed by atoms with Crippen molar-refractivity contribution in [3.8, 4) is 0 Å². The number of benzene rings is 1. The van der Waals surface area contributed by atoms with Crippen LogP contribution in [-0.4, -0.2) is 63.0 Å². The maximum absolute atomic E-state index is 13.2. The van der Waals surface area contributed by atoms with Gasteiger partial charge in [-0.25, -0.2) is 19.1 Å². The van der Waals surface area contributed by atoms with Crippen molar-refractivity contribution < 1.29 is 23.9 Å². The van der Waals surface area contributed by atoms with Gasteiger partial charge in [0.15, 0.2) is 0 Å². The molecule has 1 atom stereocenters. The first-order valence-corrected chi connectivity index (χ1v) is 16.5. The van der Waals surface area contributed by atoms with E-state index in [9.17, 15) is 14.4 Å². The highest BCUT2D eigenvalue weighted by Crippen LogP contribution is 2.33. The van der Waals surface area contributed by atoms with E-state index in [1.807, 2.05) is 6.07 Å². The lowest BCUT2D eigenvalue weighted by Crippen LogP contribution is -2.49. The van der Waals surface area contributed by atoms with Crippen molar-refractivity contribution in [2.45, 2.75) is 117 Å². The summed E-state index contributed by atoms with van der Waals surface area (Å²) >= 11 is 0. The molecule has 2 heterocycles. The molecule has 4 rings (SSSR count). The molecule has 0 saturated heterocycles. The number of pyridine rings is 1. The molecule has 0 unspecified atom stereocenters. The van der Waals surface area contributed by atoms with Gasteiger partial charge in [0.05, 0.1) is 11.2 Å². The van der Waals surface area contributed by atoms with Crippen LogP contribution >= 0.6 is 0 Å². The van der Waals surface area contributed by atoms with Gasteiger partial charge in [0.2, 0.25) is 5.91 Å². The van der Waals surface area contributed by atoms with Gasteiger partial charge in [-0.05, 0) is 91.7 Å². The summed E-state index contributed by atoms with van der Waals surface area (Å²) in [7, 11) is 0. The highest BCUT2D eigenvalue weighted by molar-refractivity contribution is 5.93. The molecule has 1 aromatic carbocycles. The SMILES string of the molecule is CC(C)(C)OC(=O)N[C@@H](Cc1cn(C(=O)OC(C)(C)C)cn1)C(=O)NCCCCCCNc1c2c(nc3ccccc13)CCCC2. The third-order valence-corrected chi connectivity index (χ3v) is 7.53. The summed E-state index contributed by atoms with van der Waals surface area (Å²) in [6.45, 7) is 12.0. The number of anilines is 1. The van der Waals surface area contributed by atoms with Crippen molar-refractivity contribution >= 4 is 34.7 Å². The molecule has 3 aromatic rings. The number of carbonyl (C=O) groups excluding carboxylic acids is 3. The molecule has 46 heavy (non-hydrogen) atoms. The number of fused-ring (bicyclic) bond motifs is 2. The van der Waals surface area contributed by atoms with E-state index in [0.717, 1.165) is 50.6 Å². The van der Waals surface area contributed by atoms with Crippen molar-refractivity contribution in [1.82, 2.24) is 25.2 Å². The van der Waals surface area contributed by atoms with E-state index in [4.69, 9.17) is 14.5 Å². The first kappa shape index (κ1) is 34.7. The Morgan fingerprint density at radius 1 is 0.913 bits per heavy atom. The van der Waals surface area contributed by atoms with Gasteiger partial charge in [0.25, 0.3) is 0 Å². The van der Waals surface area contributed by atoms with Crippen molar-refractivity contribution in [1.29, 1.82) is 0 Å². The van der Waals surface area contributed by atoms with Crippen LogP contribution in [0.5, 0.6) is 0 Å². The molecule has 1 aliphatic carbocycles. The minimum Gasteiger partial charge on any atom is -0.444 e. The number of amides is 2. The zero-order valence-corrected chi connectivity index (χ0v) is 28.2. The average molecular weight is 635 g/mol. The van der Waals surface area contributed by atoms with Crippen LogP contribution in [0.2, 0.25) is 0 Å². The van der Waals surface area contributed by atoms with E-state index in [1.54, 1.807) is 41.5 Å². The summed E-state index contributed by atoms with van der Waals surface area (Å²) in [5.74, 6) is -0.339. The summed E-state index contributed by atoms with van der Waals surface area (Å²) in [4.78, 5) is 47.3. The number of unbranched alkanes of at least 4 members (excludes halogenated alkanes) is 3. The molecular weight excluding hydrogens is 584 g/mol. The van der Waals surface area contributed by atoms with E-state index in [0.29, 0.717) is 12.2 Å².